The lowest BCUT2D eigenvalue weighted by molar-refractivity contribution is 0.0745. The van der Waals surface area contributed by atoms with Crippen LogP contribution < -0.4 is 0 Å². The molecule has 1 heterocycles. The van der Waals surface area contributed by atoms with E-state index in [4.69, 9.17) is 0 Å². The van der Waals surface area contributed by atoms with Crippen LogP contribution in [0.15, 0.2) is 48.7 Å². The lowest BCUT2D eigenvalue weighted by atomic mass is 9.95. The van der Waals surface area contributed by atoms with Gasteiger partial charge in [0.15, 0.2) is 0 Å². The summed E-state index contributed by atoms with van der Waals surface area (Å²) < 4.78 is 0. The van der Waals surface area contributed by atoms with Gasteiger partial charge in [-0.15, -0.1) is 0 Å². The molecule has 2 heteroatoms. The van der Waals surface area contributed by atoms with Gasteiger partial charge in [-0.05, 0) is 25.5 Å². The van der Waals surface area contributed by atoms with Crippen LogP contribution in [0, 0.1) is 0 Å². The van der Waals surface area contributed by atoms with Crippen LogP contribution in [0.25, 0.3) is 11.1 Å². The lowest BCUT2D eigenvalue weighted by Crippen LogP contribution is -2.18. The fourth-order valence-corrected chi connectivity index (χ4v) is 1.74. The lowest BCUT2D eigenvalue weighted by Gasteiger charge is -2.20. The van der Waals surface area contributed by atoms with E-state index >= 15 is 0 Å². The molecule has 0 amide bonds. The summed E-state index contributed by atoms with van der Waals surface area (Å²) in [5, 5.41) is 10.1. The molecule has 0 aliphatic rings. The van der Waals surface area contributed by atoms with Gasteiger partial charge in [-0.2, -0.15) is 0 Å². The molecule has 2 rings (SSSR count). The highest BCUT2D eigenvalue weighted by molar-refractivity contribution is 5.66. The summed E-state index contributed by atoms with van der Waals surface area (Å²) in [6.07, 6.45) is 1.71. The van der Waals surface area contributed by atoms with Crippen molar-refractivity contribution >= 4 is 0 Å². The first-order valence-corrected chi connectivity index (χ1v) is 5.32. The monoisotopic (exact) mass is 213 g/mol. The molecule has 1 aromatic heterocycles. The second-order valence-corrected chi connectivity index (χ2v) is 4.32. The minimum Gasteiger partial charge on any atom is -0.384 e. The molecule has 0 saturated heterocycles. The van der Waals surface area contributed by atoms with Crippen LogP contribution in [0.1, 0.15) is 19.5 Å². The molecule has 1 N–H and O–H groups in total. The first-order chi connectivity index (χ1) is 7.59. The van der Waals surface area contributed by atoms with Crippen molar-refractivity contribution in [2.75, 3.05) is 0 Å². The Bertz CT molecular complexity index is 472. The van der Waals surface area contributed by atoms with E-state index in [1.54, 1.807) is 20.0 Å². The van der Waals surface area contributed by atoms with E-state index in [-0.39, 0.29) is 0 Å². The molecule has 2 aromatic rings. The maximum Gasteiger partial charge on any atom is 0.102 e. The third-order valence-electron chi connectivity index (χ3n) is 2.47. The van der Waals surface area contributed by atoms with E-state index < -0.39 is 5.60 Å². The van der Waals surface area contributed by atoms with Gasteiger partial charge >= 0.3 is 0 Å². The van der Waals surface area contributed by atoms with E-state index in [0.717, 1.165) is 11.1 Å². The zero-order valence-electron chi connectivity index (χ0n) is 9.51. The Balaban J connectivity index is 2.58. The van der Waals surface area contributed by atoms with Crippen LogP contribution in [-0.2, 0) is 5.60 Å². The van der Waals surface area contributed by atoms with Crippen LogP contribution >= 0.6 is 0 Å². The molecule has 0 unspecified atom stereocenters. The molecule has 16 heavy (non-hydrogen) atoms. The molecule has 0 spiro atoms. The molecule has 1 aromatic carbocycles. The fourth-order valence-electron chi connectivity index (χ4n) is 1.74. The summed E-state index contributed by atoms with van der Waals surface area (Å²) in [4.78, 5) is 4.28. The first-order valence-electron chi connectivity index (χ1n) is 5.32. The minimum absolute atomic E-state index is 0.709. The van der Waals surface area contributed by atoms with Crippen molar-refractivity contribution in [3.63, 3.8) is 0 Å². The highest BCUT2D eigenvalue weighted by atomic mass is 16.3. The van der Waals surface area contributed by atoms with Crippen molar-refractivity contribution in [2.24, 2.45) is 0 Å². The zero-order chi connectivity index (χ0) is 11.6. The van der Waals surface area contributed by atoms with Gasteiger partial charge in [0, 0.05) is 11.8 Å². The third-order valence-corrected chi connectivity index (χ3v) is 2.47. The Morgan fingerprint density at radius 2 is 1.69 bits per heavy atom. The number of rotatable bonds is 2. The smallest absolute Gasteiger partial charge is 0.102 e. The Morgan fingerprint density at radius 1 is 1.00 bits per heavy atom. The normalized spacial score (nSPS) is 11.4. The number of benzene rings is 1. The summed E-state index contributed by atoms with van der Waals surface area (Å²) in [6, 6.07) is 13.8. The SMILES string of the molecule is CC(C)(O)c1ncccc1-c1ccccc1. The summed E-state index contributed by atoms with van der Waals surface area (Å²) in [7, 11) is 0. The molecular weight excluding hydrogens is 198 g/mol. The van der Waals surface area contributed by atoms with Crippen LogP contribution in [0.4, 0.5) is 0 Å². The first kappa shape index (κ1) is 10.8. The van der Waals surface area contributed by atoms with E-state index in [9.17, 15) is 5.11 Å². The maximum atomic E-state index is 10.1. The van der Waals surface area contributed by atoms with Gasteiger partial charge in [-0.25, -0.2) is 0 Å². The molecule has 0 atom stereocenters. The number of pyridine rings is 1. The van der Waals surface area contributed by atoms with E-state index in [0.29, 0.717) is 5.69 Å². The average Bonchev–Trinajstić information content (AvgIpc) is 2.29. The highest BCUT2D eigenvalue weighted by Gasteiger charge is 2.21. The Kier molecular flexibility index (Phi) is 2.75. The van der Waals surface area contributed by atoms with Gasteiger partial charge in [-0.3, -0.25) is 4.98 Å². The van der Waals surface area contributed by atoms with Crippen LogP contribution in [-0.4, -0.2) is 10.1 Å². The zero-order valence-corrected chi connectivity index (χ0v) is 9.51. The third kappa shape index (κ3) is 2.12. The summed E-state index contributed by atoms with van der Waals surface area (Å²) in [5.41, 5.74) is 1.84. The van der Waals surface area contributed by atoms with Crippen molar-refractivity contribution in [1.29, 1.82) is 0 Å². The molecule has 2 nitrogen and oxygen atoms in total. The van der Waals surface area contributed by atoms with Crippen molar-refractivity contribution in [2.45, 2.75) is 19.4 Å². The molecule has 82 valence electrons. The van der Waals surface area contributed by atoms with Crippen molar-refractivity contribution in [3.05, 3.63) is 54.4 Å². The summed E-state index contributed by atoms with van der Waals surface area (Å²) >= 11 is 0. The fraction of sp³-hybridized carbons (Fsp3) is 0.214. The minimum atomic E-state index is -0.924. The van der Waals surface area contributed by atoms with E-state index in [1.165, 1.54) is 0 Å². The van der Waals surface area contributed by atoms with Gasteiger partial charge in [0.25, 0.3) is 0 Å². The van der Waals surface area contributed by atoms with E-state index in [1.807, 2.05) is 42.5 Å². The summed E-state index contributed by atoms with van der Waals surface area (Å²) in [6.45, 7) is 3.50. The van der Waals surface area contributed by atoms with Crippen molar-refractivity contribution < 1.29 is 5.11 Å². The van der Waals surface area contributed by atoms with Crippen molar-refractivity contribution in [3.8, 4) is 11.1 Å². The molecule has 0 aliphatic carbocycles. The molecule has 0 aliphatic heterocycles. The molecule has 0 fully saturated rings. The quantitative estimate of drug-likeness (QED) is 0.832. The second-order valence-electron chi connectivity index (χ2n) is 4.32. The molecule has 0 bridgehead atoms. The largest absolute Gasteiger partial charge is 0.384 e. The Labute approximate surface area is 95.6 Å². The van der Waals surface area contributed by atoms with Gasteiger partial charge in [0.1, 0.15) is 5.60 Å². The number of aromatic nitrogens is 1. The summed E-state index contributed by atoms with van der Waals surface area (Å²) in [5.74, 6) is 0. The maximum absolute atomic E-state index is 10.1. The predicted molar refractivity (Wildman–Crippen MR) is 64.9 cm³/mol. The Morgan fingerprint density at radius 3 is 2.31 bits per heavy atom. The highest BCUT2D eigenvalue weighted by Crippen LogP contribution is 2.29. The van der Waals surface area contributed by atoms with Crippen LogP contribution in [0.2, 0.25) is 0 Å². The van der Waals surface area contributed by atoms with E-state index in [2.05, 4.69) is 4.98 Å². The number of hydrogen-bond donors (Lipinski definition) is 1. The van der Waals surface area contributed by atoms with Gasteiger partial charge in [0.05, 0.1) is 5.69 Å². The standard InChI is InChI=1S/C14H15NO/c1-14(2,16)13-12(9-6-10-15-13)11-7-4-3-5-8-11/h3-10,16H,1-2H3. The average molecular weight is 213 g/mol. The molecule has 0 radical (unpaired) electrons. The van der Waals surface area contributed by atoms with Crippen molar-refractivity contribution in [1.82, 2.24) is 4.98 Å². The Hall–Kier alpha value is -1.67. The molecule has 0 saturated carbocycles. The van der Waals surface area contributed by atoms with Crippen LogP contribution in [0.5, 0.6) is 0 Å². The predicted octanol–water partition coefficient (Wildman–Crippen LogP) is 2.98. The van der Waals surface area contributed by atoms with Crippen LogP contribution in [0.3, 0.4) is 0 Å². The second kappa shape index (κ2) is 4.06. The van der Waals surface area contributed by atoms with Gasteiger partial charge in [-0.1, -0.05) is 36.4 Å². The van der Waals surface area contributed by atoms with Gasteiger partial charge < -0.3 is 5.11 Å². The number of aliphatic hydroxyl groups is 1. The number of hydrogen-bond acceptors (Lipinski definition) is 2. The number of nitrogens with zero attached hydrogens (tertiary/aromatic N) is 1. The molecular formula is C14H15NO. The van der Waals surface area contributed by atoms with Gasteiger partial charge in [0.2, 0.25) is 0 Å². The topological polar surface area (TPSA) is 33.1 Å².